The maximum atomic E-state index is 11.9. The van der Waals surface area contributed by atoms with E-state index in [-0.39, 0.29) is 12.5 Å². The minimum Gasteiger partial charge on any atom is -0.493 e. The number of ether oxygens (including phenoxy) is 3. The Morgan fingerprint density at radius 2 is 2.05 bits per heavy atom. The molecule has 0 heterocycles. The summed E-state index contributed by atoms with van der Waals surface area (Å²) in [7, 11) is 1.54. The van der Waals surface area contributed by atoms with Crippen LogP contribution in [0.4, 0.5) is 0 Å². The van der Waals surface area contributed by atoms with Crippen molar-refractivity contribution in [2.75, 3.05) is 33.5 Å². The van der Waals surface area contributed by atoms with E-state index in [1.54, 1.807) is 31.4 Å². The summed E-state index contributed by atoms with van der Waals surface area (Å²) in [6, 6.07) is 6.71. The molecule has 0 saturated carbocycles. The van der Waals surface area contributed by atoms with Crippen LogP contribution in [0.15, 0.2) is 24.3 Å². The third kappa shape index (κ3) is 7.08. The van der Waals surface area contributed by atoms with Gasteiger partial charge >= 0.3 is 5.97 Å². The Kier molecular flexibility index (Phi) is 7.99. The summed E-state index contributed by atoms with van der Waals surface area (Å²) < 4.78 is 15.3. The van der Waals surface area contributed by atoms with Gasteiger partial charge in [0.15, 0.2) is 6.61 Å². The topological polar surface area (TPSA) is 73.9 Å². The Balaban J connectivity index is 2.44. The SMILES string of the molecule is COCCNC(=O)COC(=O)c1cccc(OCC(C)C)c1. The van der Waals surface area contributed by atoms with E-state index in [1.807, 2.05) is 13.8 Å². The predicted octanol–water partition coefficient (Wildman–Crippen LogP) is 1.64. The highest BCUT2D eigenvalue weighted by molar-refractivity contribution is 5.91. The van der Waals surface area contributed by atoms with Crippen LogP contribution in [0.3, 0.4) is 0 Å². The third-order valence-corrected chi connectivity index (χ3v) is 2.62. The summed E-state index contributed by atoms with van der Waals surface area (Å²) in [5.41, 5.74) is 0.353. The lowest BCUT2D eigenvalue weighted by atomic mass is 10.2. The highest BCUT2D eigenvalue weighted by Crippen LogP contribution is 2.15. The quantitative estimate of drug-likeness (QED) is 0.554. The predicted molar refractivity (Wildman–Crippen MR) is 81.9 cm³/mol. The second kappa shape index (κ2) is 9.78. The van der Waals surface area contributed by atoms with Gasteiger partial charge in [-0.25, -0.2) is 4.79 Å². The summed E-state index contributed by atoms with van der Waals surface area (Å²) in [5, 5.41) is 2.57. The second-order valence-corrected chi connectivity index (χ2v) is 5.15. The van der Waals surface area contributed by atoms with Crippen LogP contribution >= 0.6 is 0 Å². The van der Waals surface area contributed by atoms with Crippen molar-refractivity contribution in [3.05, 3.63) is 29.8 Å². The van der Waals surface area contributed by atoms with E-state index in [9.17, 15) is 9.59 Å². The van der Waals surface area contributed by atoms with Crippen molar-refractivity contribution < 1.29 is 23.8 Å². The number of rotatable bonds is 9. The number of hydrogen-bond acceptors (Lipinski definition) is 5. The smallest absolute Gasteiger partial charge is 0.338 e. The fourth-order valence-electron chi connectivity index (χ4n) is 1.53. The molecule has 1 amide bonds. The highest BCUT2D eigenvalue weighted by Gasteiger charge is 2.11. The molecule has 0 unspecified atom stereocenters. The maximum Gasteiger partial charge on any atom is 0.338 e. The van der Waals surface area contributed by atoms with Crippen LogP contribution in [0.5, 0.6) is 5.75 Å². The molecule has 0 radical (unpaired) electrons. The van der Waals surface area contributed by atoms with Crippen LogP contribution < -0.4 is 10.1 Å². The lowest BCUT2D eigenvalue weighted by molar-refractivity contribution is -0.124. The van der Waals surface area contributed by atoms with E-state index in [4.69, 9.17) is 14.2 Å². The van der Waals surface area contributed by atoms with Gasteiger partial charge in [0, 0.05) is 13.7 Å². The number of esters is 1. The summed E-state index contributed by atoms with van der Waals surface area (Å²) in [6.45, 7) is 5.13. The van der Waals surface area contributed by atoms with Gasteiger partial charge in [-0.1, -0.05) is 19.9 Å². The van der Waals surface area contributed by atoms with Crippen LogP contribution in [-0.2, 0) is 14.3 Å². The standard InChI is InChI=1S/C16H23NO5/c1-12(2)10-21-14-6-4-5-13(9-14)16(19)22-11-15(18)17-7-8-20-3/h4-6,9,12H,7-8,10-11H2,1-3H3,(H,17,18). The van der Waals surface area contributed by atoms with Crippen molar-refractivity contribution in [3.63, 3.8) is 0 Å². The second-order valence-electron chi connectivity index (χ2n) is 5.15. The first-order chi connectivity index (χ1) is 10.5. The Morgan fingerprint density at radius 1 is 1.27 bits per heavy atom. The molecule has 0 aliphatic heterocycles. The van der Waals surface area contributed by atoms with Gasteiger partial charge in [0.2, 0.25) is 0 Å². The first kappa shape index (κ1) is 18.0. The van der Waals surface area contributed by atoms with Crippen LogP contribution in [0.1, 0.15) is 24.2 Å². The van der Waals surface area contributed by atoms with Gasteiger partial charge in [-0.05, 0) is 24.1 Å². The Morgan fingerprint density at radius 3 is 2.73 bits per heavy atom. The van der Waals surface area contributed by atoms with E-state index in [0.29, 0.717) is 37.0 Å². The van der Waals surface area contributed by atoms with E-state index in [0.717, 1.165) is 0 Å². The van der Waals surface area contributed by atoms with Crippen LogP contribution in [0.25, 0.3) is 0 Å². The van der Waals surface area contributed by atoms with E-state index < -0.39 is 5.97 Å². The minimum atomic E-state index is -0.558. The fourth-order valence-corrected chi connectivity index (χ4v) is 1.53. The third-order valence-electron chi connectivity index (χ3n) is 2.62. The number of nitrogens with one attached hydrogen (secondary N) is 1. The Labute approximate surface area is 130 Å². The van der Waals surface area contributed by atoms with Crippen molar-refractivity contribution in [3.8, 4) is 5.75 Å². The molecule has 1 rings (SSSR count). The van der Waals surface area contributed by atoms with Gasteiger partial charge in [-0.2, -0.15) is 0 Å². The van der Waals surface area contributed by atoms with Crippen molar-refractivity contribution in [1.82, 2.24) is 5.32 Å². The zero-order chi connectivity index (χ0) is 16.4. The number of amides is 1. The van der Waals surface area contributed by atoms with E-state index >= 15 is 0 Å². The molecule has 0 saturated heterocycles. The molecule has 0 fully saturated rings. The summed E-state index contributed by atoms with van der Waals surface area (Å²) >= 11 is 0. The molecular formula is C16H23NO5. The first-order valence-corrected chi connectivity index (χ1v) is 7.18. The van der Waals surface area contributed by atoms with Crippen LogP contribution in [0, 0.1) is 5.92 Å². The van der Waals surface area contributed by atoms with Gasteiger partial charge in [-0.3, -0.25) is 4.79 Å². The number of benzene rings is 1. The number of methoxy groups -OCH3 is 1. The van der Waals surface area contributed by atoms with Gasteiger partial charge < -0.3 is 19.5 Å². The molecule has 0 aliphatic carbocycles. The normalized spacial score (nSPS) is 10.4. The molecule has 0 aliphatic rings. The highest BCUT2D eigenvalue weighted by atomic mass is 16.5. The molecule has 6 nitrogen and oxygen atoms in total. The molecule has 22 heavy (non-hydrogen) atoms. The molecule has 0 spiro atoms. The number of hydrogen-bond donors (Lipinski definition) is 1. The van der Waals surface area contributed by atoms with Gasteiger partial charge in [-0.15, -0.1) is 0 Å². The largest absolute Gasteiger partial charge is 0.493 e. The molecule has 1 aromatic rings. The molecular weight excluding hydrogens is 286 g/mol. The maximum absolute atomic E-state index is 11.9. The molecule has 0 bridgehead atoms. The number of carbonyl (C=O) groups excluding carboxylic acids is 2. The molecule has 6 heteroatoms. The Bertz CT molecular complexity index is 487. The van der Waals surface area contributed by atoms with E-state index in [1.165, 1.54) is 0 Å². The molecule has 122 valence electrons. The number of carbonyl (C=O) groups is 2. The minimum absolute atomic E-state index is 0.320. The monoisotopic (exact) mass is 309 g/mol. The summed E-state index contributed by atoms with van der Waals surface area (Å²) in [5.74, 6) is 0.0774. The van der Waals surface area contributed by atoms with Gasteiger partial charge in [0.05, 0.1) is 18.8 Å². The van der Waals surface area contributed by atoms with Crippen molar-refractivity contribution in [1.29, 1.82) is 0 Å². The average Bonchev–Trinajstić information content (AvgIpc) is 2.51. The fraction of sp³-hybridized carbons (Fsp3) is 0.500. The first-order valence-electron chi connectivity index (χ1n) is 7.18. The van der Waals surface area contributed by atoms with E-state index in [2.05, 4.69) is 5.32 Å². The Hall–Kier alpha value is -2.08. The zero-order valence-corrected chi connectivity index (χ0v) is 13.3. The van der Waals surface area contributed by atoms with Crippen molar-refractivity contribution in [2.24, 2.45) is 5.92 Å². The summed E-state index contributed by atoms with van der Waals surface area (Å²) in [4.78, 5) is 23.3. The zero-order valence-electron chi connectivity index (χ0n) is 13.3. The average molecular weight is 309 g/mol. The van der Waals surface area contributed by atoms with Gasteiger partial charge in [0.25, 0.3) is 5.91 Å². The van der Waals surface area contributed by atoms with Crippen molar-refractivity contribution in [2.45, 2.75) is 13.8 Å². The van der Waals surface area contributed by atoms with Crippen LogP contribution in [0.2, 0.25) is 0 Å². The lowest BCUT2D eigenvalue weighted by Crippen LogP contribution is -2.31. The van der Waals surface area contributed by atoms with Crippen LogP contribution in [-0.4, -0.2) is 45.4 Å². The molecule has 0 atom stereocenters. The molecule has 1 aromatic carbocycles. The molecule has 0 aromatic heterocycles. The lowest BCUT2D eigenvalue weighted by Gasteiger charge is -2.10. The van der Waals surface area contributed by atoms with Crippen molar-refractivity contribution >= 4 is 11.9 Å². The molecule has 1 N–H and O–H groups in total. The van der Waals surface area contributed by atoms with Gasteiger partial charge in [0.1, 0.15) is 5.75 Å². The summed E-state index contributed by atoms with van der Waals surface area (Å²) in [6.07, 6.45) is 0.